The van der Waals surface area contributed by atoms with Gasteiger partial charge in [0.25, 0.3) is 0 Å². The van der Waals surface area contributed by atoms with Crippen LogP contribution in [0.5, 0.6) is 0 Å². The second-order valence-electron chi connectivity index (χ2n) is 4.11. The van der Waals surface area contributed by atoms with Gasteiger partial charge in [-0.25, -0.2) is 0 Å². The molecule has 0 bridgehead atoms. The molecule has 1 amide bonds. The van der Waals surface area contributed by atoms with Gasteiger partial charge in [-0.15, -0.1) is 11.6 Å². The minimum atomic E-state index is -4.31. The predicted octanol–water partition coefficient (Wildman–Crippen LogP) is 3.60. The number of benzene rings is 1. The van der Waals surface area contributed by atoms with Crippen LogP contribution in [0.1, 0.15) is 18.4 Å². The summed E-state index contributed by atoms with van der Waals surface area (Å²) in [5.74, 6) is -0.327. The molecule has 1 aromatic rings. The van der Waals surface area contributed by atoms with Crippen molar-refractivity contribution in [3.63, 3.8) is 0 Å². The average molecular weight is 294 g/mol. The van der Waals surface area contributed by atoms with Gasteiger partial charge in [0, 0.05) is 25.4 Å². The van der Waals surface area contributed by atoms with E-state index >= 15 is 0 Å². The van der Waals surface area contributed by atoms with Gasteiger partial charge in [-0.2, -0.15) is 13.2 Å². The van der Waals surface area contributed by atoms with Gasteiger partial charge in [0.2, 0.25) is 5.91 Å². The zero-order valence-corrected chi connectivity index (χ0v) is 11.0. The van der Waals surface area contributed by atoms with E-state index in [4.69, 9.17) is 11.6 Å². The fourth-order valence-corrected chi connectivity index (χ4v) is 1.81. The molecule has 0 aliphatic rings. The summed E-state index contributed by atoms with van der Waals surface area (Å²) >= 11 is 5.58. The minimum absolute atomic E-state index is 0.199. The molecule has 0 radical (unpaired) electrons. The number of amides is 1. The summed E-state index contributed by atoms with van der Waals surface area (Å²) in [7, 11) is 0. The predicted molar refractivity (Wildman–Crippen MR) is 67.9 cm³/mol. The Balaban J connectivity index is 2.59. The third-order valence-electron chi connectivity index (χ3n) is 2.55. The lowest BCUT2D eigenvalue weighted by Crippen LogP contribution is -2.33. The van der Waals surface area contributed by atoms with E-state index in [-0.39, 0.29) is 19.0 Å². The molecule has 0 aliphatic heterocycles. The molecule has 1 aromatic carbocycles. The van der Waals surface area contributed by atoms with E-state index < -0.39 is 24.9 Å². The second kappa shape index (κ2) is 7.38. The van der Waals surface area contributed by atoms with Crippen molar-refractivity contribution < 1.29 is 18.0 Å². The third-order valence-corrected chi connectivity index (χ3v) is 2.71. The number of carbonyl (C=O) groups excluding carboxylic acids is 1. The quantitative estimate of drug-likeness (QED) is 0.734. The number of carbonyl (C=O) groups is 1. The van der Waals surface area contributed by atoms with Gasteiger partial charge < -0.3 is 4.90 Å². The first kappa shape index (κ1) is 15.8. The molecule has 0 aromatic heterocycles. The molecule has 2 nitrogen and oxygen atoms in total. The van der Waals surface area contributed by atoms with Crippen LogP contribution in [0.3, 0.4) is 0 Å². The SMILES string of the molecule is O=C(CCC(F)(F)F)N(CCCl)Cc1ccccc1. The maximum absolute atomic E-state index is 12.1. The highest BCUT2D eigenvalue weighted by atomic mass is 35.5. The van der Waals surface area contributed by atoms with Gasteiger partial charge >= 0.3 is 6.18 Å². The van der Waals surface area contributed by atoms with Crippen molar-refractivity contribution in [2.75, 3.05) is 12.4 Å². The first-order valence-electron chi connectivity index (χ1n) is 5.87. The van der Waals surface area contributed by atoms with E-state index in [1.807, 2.05) is 30.3 Å². The van der Waals surface area contributed by atoms with Crippen molar-refractivity contribution in [3.05, 3.63) is 35.9 Å². The van der Waals surface area contributed by atoms with Gasteiger partial charge in [0.15, 0.2) is 0 Å². The van der Waals surface area contributed by atoms with Crippen molar-refractivity contribution in [1.29, 1.82) is 0 Å². The van der Waals surface area contributed by atoms with Crippen LogP contribution >= 0.6 is 11.6 Å². The lowest BCUT2D eigenvalue weighted by atomic mass is 10.2. The number of rotatable bonds is 6. The van der Waals surface area contributed by atoms with Gasteiger partial charge in [-0.05, 0) is 5.56 Å². The molecule has 0 N–H and O–H groups in total. The first-order chi connectivity index (χ1) is 8.92. The highest BCUT2D eigenvalue weighted by molar-refractivity contribution is 6.18. The van der Waals surface area contributed by atoms with Crippen LogP contribution < -0.4 is 0 Å². The highest BCUT2D eigenvalue weighted by Crippen LogP contribution is 2.22. The molecule has 0 saturated carbocycles. The van der Waals surface area contributed by atoms with Crippen LogP contribution in [0.2, 0.25) is 0 Å². The lowest BCUT2D eigenvalue weighted by molar-refractivity contribution is -0.149. The Kier molecular flexibility index (Phi) is 6.15. The molecule has 0 heterocycles. The molecule has 0 atom stereocenters. The molecule has 0 spiro atoms. The first-order valence-corrected chi connectivity index (χ1v) is 6.40. The van der Waals surface area contributed by atoms with Crippen molar-refractivity contribution >= 4 is 17.5 Å². The smallest absolute Gasteiger partial charge is 0.337 e. The monoisotopic (exact) mass is 293 g/mol. The maximum atomic E-state index is 12.1. The lowest BCUT2D eigenvalue weighted by Gasteiger charge is -2.22. The molecular formula is C13H15ClF3NO. The highest BCUT2D eigenvalue weighted by Gasteiger charge is 2.29. The van der Waals surface area contributed by atoms with Crippen LogP contribution in [0.4, 0.5) is 13.2 Å². The maximum Gasteiger partial charge on any atom is 0.389 e. The van der Waals surface area contributed by atoms with Crippen molar-refractivity contribution in [2.45, 2.75) is 25.6 Å². The number of halogens is 4. The summed E-state index contributed by atoms with van der Waals surface area (Å²) in [6.07, 6.45) is -5.94. The molecule has 0 unspecified atom stereocenters. The van der Waals surface area contributed by atoms with E-state index in [9.17, 15) is 18.0 Å². The topological polar surface area (TPSA) is 20.3 Å². The van der Waals surface area contributed by atoms with Crippen LogP contribution in [0, 0.1) is 0 Å². The fourth-order valence-electron chi connectivity index (χ4n) is 1.60. The van der Waals surface area contributed by atoms with Crippen molar-refractivity contribution in [1.82, 2.24) is 4.90 Å². The Morgan fingerprint density at radius 3 is 2.37 bits per heavy atom. The summed E-state index contributed by atoms with van der Waals surface area (Å²) in [6.45, 7) is 0.525. The van der Waals surface area contributed by atoms with Gasteiger partial charge in [-0.3, -0.25) is 4.79 Å². The Morgan fingerprint density at radius 2 is 1.84 bits per heavy atom. The largest absolute Gasteiger partial charge is 0.389 e. The number of alkyl halides is 4. The van der Waals surface area contributed by atoms with Crippen LogP contribution in [-0.2, 0) is 11.3 Å². The molecule has 1 rings (SSSR count). The Hall–Kier alpha value is -1.23. The summed E-state index contributed by atoms with van der Waals surface area (Å²) in [4.78, 5) is 13.1. The third kappa shape index (κ3) is 6.47. The average Bonchev–Trinajstić information content (AvgIpc) is 2.36. The van der Waals surface area contributed by atoms with E-state index in [1.165, 1.54) is 4.90 Å². The minimum Gasteiger partial charge on any atom is -0.337 e. The fraction of sp³-hybridized carbons (Fsp3) is 0.462. The van der Waals surface area contributed by atoms with Crippen LogP contribution in [-0.4, -0.2) is 29.4 Å². The molecule has 0 fully saturated rings. The molecular weight excluding hydrogens is 279 g/mol. The Morgan fingerprint density at radius 1 is 1.21 bits per heavy atom. The Labute approximate surface area is 115 Å². The molecule has 0 saturated heterocycles. The summed E-state index contributed by atoms with van der Waals surface area (Å²) in [5.41, 5.74) is 0.868. The molecule has 0 aliphatic carbocycles. The van der Waals surface area contributed by atoms with Crippen LogP contribution in [0.15, 0.2) is 30.3 Å². The summed E-state index contributed by atoms with van der Waals surface area (Å²) < 4.78 is 36.3. The molecule has 19 heavy (non-hydrogen) atoms. The van der Waals surface area contributed by atoms with Crippen molar-refractivity contribution in [3.8, 4) is 0 Å². The number of nitrogens with zero attached hydrogens (tertiary/aromatic N) is 1. The van der Waals surface area contributed by atoms with Crippen molar-refractivity contribution in [2.24, 2.45) is 0 Å². The standard InChI is InChI=1S/C13H15ClF3NO/c14-8-9-18(10-11-4-2-1-3-5-11)12(19)6-7-13(15,16)17/h1-5H,6-10H2. The summed E-state index contributed by atoms with van der Waals surface area (Å²) in [6, 6.07) is 9.10. The number of hydrogen-bond donors (Lipinski definition) is 0. The van der Waals surface area contributed by atoms with E-state index in [0.717, 1.165) is 5.56 Å². The normalized spacial score (nSPS) is 11.4. The Bertz CT molecular complexity index is 395. The second-order valence-corrected chi connectivity index (χ2v) is 4.48. The number of hydrogen-bond acceptors (Lipinski definition) is 1. The molecule has 6 heteroatoms. The van der Waals surface area contributed by atoms with E-state index in [0.29, 0.717) is 0 Å². The van der Waals surface area contributed by atoms with Gasteiger partial charge in [-0.1, -0.05) is 30.3 Å². The molecule has 106 valence electrons. The van der Waals surface area contributed by atoms with E-state index in [2.05, 4.69) is 0 Å². The van der Waals surface area contributed by atoms with Crippen LogP contribution in [0.25, 0.3) is 0 Å². The van der Waals surface area contributed by atoms with Gasteiger partial charge in [0.05, 0.1) is 6.42 Å². The van der Waals surface area contributed by atoms with E-state index in [1.54, 1.807) is 0 Å². The summed E-state index contributed by atoms with van der Waals surface area (Å²) in [5, 5.41) is 0. The zero-order chi connectivity index (χ0) is 14.3. The zero-order valence-electron chi connectivity index (χ0n) is 10.3. The van der Waals surface area contributed by atoms with Gasteiger partial charge in [0.1, 0.15) is 0 Å².